The SMILES string of the molecule is CC(=O)c1ccc(NC2CCCCC2)s1. The second-order valence-electron chi connectivity index (χ2n) is 4.20. The Morgan fingerprint density at radius 2 is 2.07 bits per heavy atom. The number of carbonyl (C=O) groups excluding carboxylic acids is 1. The molecular weight excluding hydrogens is 206 g/mol. The first kappa shape index (κ1) is 10.7. The van der Waals surface area contributed by atoms with E-state index in [9.17, 15) is 4.79 Å². The van der Waals surface area contributed by atoms with Crippen LogP contribution in [0.4, 0.5) is 5.00 Å². The predicted molar refractivity (Wildman–Crippen MR) is 64.8 cm³/mol. The van der Waals surface area contributed by atoms with E-state index in [1.165, 1.54) is 32.1 Å². The lowest BCUT2D eigenvalue weighted by Crippen LogP contribution is -2.21. The molecule has 0 bridgehead atoms. The highest BCUT2D eigenvalue weighted by molar-refractivity contribution is 7.17. The lowest BCUT2D eigenvalue weighted by atomic mass is 9.96. The molecule has 3 heteroatoms. The van der Waals surface area contributed by atoms with E-state index < -0.39 is 0 Å². The van der Waals surface area contributed by atoms with Crippen molar-refractivity contribution in [2.75, 3.05) is 5.32 Å². The highest BCUT2D eigenvalue weighted by Crippen LogP contribution is 2.26. The smallest absolute Gasteiger partial charge is 0.169 e. The molecule has 82 valence electrons. The third-order valence-electron chi connectivity index (χ3n) is 2.90. The van der Waals surface area contributed by atoms with Crippen molar-refractivity contribution in [3.05, 3.63) is 17.0 Å². The molecule has 1 aromatic rings. The number of hydrogen-bond donors (Lipinski definition) is 1. The molecule has 0 atom stereocenters. The average molecular weight is 223 g/mol. The Morgan fingerprint density at radius 1 is 1.33 bits per heavy atom. The van der Waals surface area contributed by atoms with E-state index in [0.29, 0.717) is 6.04 Å². The molecule has 1 saturated carbocycles. The van der Waals surface area contributed by atoms with E-state index in [1.54, 1.807) is 18.3 Å². The van der Waals surface area contributed by atoms with Gasteiger partial charge in [-0.2, -0.15) is 0 Å². The van der Waals surface area contributed by atoms with Crippen LogP contribution >= 0.6 is 11.3 Å². The summed E-state index contributed by atoms with van der Waals surface area (Å²) in [7, 11) is 0. The monoisotopic (exact) mass is 223 g/mol. The Labute approximate surface area is 94.7 Å². The first-order valence-electron chi connectivity index (χ1n) is 5.63. The van der Waals surface area contributed by atoms with Crippen LogP contribution in [-0.2, 0) is 0 Å². The third-order valence-corrected chi connectivity index (χ3v) is 4.02. The van der Waals surface area contributed by atoms with Gasteiger partial charge in [-0.15, -0.1) is 11.3 Å². The normalized spacial score (nSPS) is 17.7. The molecule has 1 heterocycles. The molecule has 0 spiro atoms. The second-order valence-corrected chi connectivity index (χ2v) is 5.28. The summed E-state index contributed by atoms with van der Waals surface area (Å²) in [5, 5.41) is 4.67. The fourth-order valence-corrected chi connectivity index (χ4v) is 2.93. The predicted octanol–water partition coefficient (Wildman–Crippen LogP) is 3.70. The molecule has 1 aliphatic carbocycles. The summed E-state index contributed by atoms with van der Waals surface area (Å²) in [4.78, 5) is 12.0. The Hall–Kier alpha value is -0.830. The Morgan fingerprint density at radius 3 is 2.67 bits per heavy atom. The van der Waals surface area contributed by atoms with Gasteiger partial charge in [0.15, 0.2) is 5.78 Å². The zero-order chi connectivity index (χ0) is 10.7. The number of nitrogens with one attached hydrogen (secondary N) is 1. The second kappa shape index (κ2) is 4.79. The molecule has 15 heavy (non-hydrogen) atoms. The van der Waals surface area contributed by atoms with E-state index in [4.69, 9.17) is 0 Å². The van der Waals surface area contributed by atoms with Crippen molar-refractivity contribution in [1.82, 2.24) is 0 Å². The first-order valence-corrected chi connectivity index (χ1v) is 6.44. The first-order chi connectivity index (χ1) is 7.25. The number of ketones is 1. The molecule has 1 aromatic heterocycles. The number of rotatable bonds is 3. The van der Waals surface area contributed by atoms with Gasteiger partial charge < -0.3 is 5.32 Å². The van der Waals surface area contributed by atoms with Crippen LogP contribution in [0.5, 0.6) is 0 Å². The van der Waals surface area contributed by atoms with Gasteiger partial charge in [-0.05, 0) is 31.9 Å². The fraction of sp³-hybridized carbons (Fsp3) is 0.583. The number of anilines is 1. The summed E-state index contributed by atoms with van der Waals surface area (Å²) in [6.45, 7) is 1.62. The number of Topliss-reactive ketones (excluding diaryl/α,β-unsaturated/α-hetero) is 1. The summed E-state index contributed by atoms with van der Waals surface area (Å²) in [6.07, 6.45) is 6.59. The number of hydrogen-bond acceptors (Lipinski definition) is 3. The highest BCUT2D eigenvalue weighted by atomic mass is 32.1. The molecule has 0 aliphatic heterocycles. The molecule has 1 N–H and O–H groups in total. The summed E-state index contributed by atoms with van der Waals surface area (Å²) in [5.74, 6) is 0.164. The maximum Gasteiger partial charge on any atom is 0.169 e. The van der Waals surface area contributed by atoms with E-state index in [0.717, 1.165) is 9.88 Å². The van der Waals surface area contributed by atoms with Crippen LogP contribution in [-0.4, -0.2) is 11.8 Å². The topological polar surface area (TPSA) is 29.1 Å². The van der Waals surface area contributed by atoms with Gasteiger partial charge in [0, 0.05) is 6.04 Å². The zero-order valence-corrected chi connectivity index (χ0v) is 9.90. The van der Waals surface area contributed by atoms with E-state index in [-0.39, 0.29) is 5.78 Å². The molecule has 0 radical (unpaired) electrons. The van der Waals surface area contributed by atoms with Gasteiger partial charge in [-0.3, -0.25) is 4.79 Å². The van der Waals surface area contributed by atoms with E-state index in [1.807, 2.05) is 12.1 Å². The summed E-state index contributed by atoms with van der Waals surface area (Å²) in [6, 6.07) is 4.56. The highest BCUT2D eigenvalue weighted by Gasteiger charge is 2.14. The molecule has 0 saturated heterocycles. The van der Waals surface area contributed by atoms with Crippen LogP contribution in [0, 0.1) is 0 Å². The van der Waals surface area contributed by atoms with Gasteiger partial charge >= 0.3 is 0 Å². The van der Waals surface area contributed by atoms with Gasteiger partial charge in [0.05, 0.1) is 9.88 Å². The van der Waals surface area contributed by atoms with Crippen LogP contribution in [0.1, 0.15) is 48.7 Å². The summed E-state index contributed by atoms with van der Waals surface area (Å²) >= 11 is 1.57. The van der Waals surface area contributed by atoms with Gasteiger partial charge in [0.1, 0.15) is 0 Å². The van der Waals surface area contributed by atoms with Gasteiger partial charge in [-0.1, -0.05) is 19.3 Å². The number of thiophene rings is 1. The third kappa shape index (κ3) is 2.81. The van der Waals surface area contributed by atoms with Gasteiger partial charge in [-0.25, -0.2) is 0 Å². The molecule has 0 aromatic carbocycles. The van der Waals surface area contributed by atoms with Crippen LogP contribution in [0.25, 0.3) is 0 Å². The van der Waals surface area contributed by atoms with Crippen molar-refractivity contribution in [3.63, 3.8) is 0 Å². The van der Waals surface area contributed by atoms with E-state index >= 15 is 0 Å². The molecule has 1 aliphatic rings. The molecule has 2 nitrogen and oxygen atoms in total. The Balaban J connectivity index is 1.94. The van der Waals surface area contributed by atoms with Crippen LogP contribution in [0.2, 0.25) is 0 Å². The molecule has 0 unspecified atom stereocenters. The standard InChI is InChI=1S/C12H17NOS/c1-9(14)11-7-8-12(15-11)13-10-5-3-2-4-6-10/h7-8,10,13H,2-6H2,1H3. The van der Waals surface area contributed by atoms with Crippen molar-refractivity contribution in [2.24, 2.45) is 0 Å². The zero-order valence-electron chi connectivity index (χ0n) is 9.08. The minimum Gasteiger partial charge on any atom is -0.374 e. The van der Waals surface area contributed by atoms with E-state index in [2.05, 4.69) is 5.32 Å². The molecular formula is C12H17NOS. The summed E-state index contributed by atoms with van der Waals surface area (Å²) < 4.78 is 0. The van der Waals surface area contributed by atoms with Gasteiger partial charge in [0.2, 0.25) is 0 Å². The van der Waals surface area contributed by atoms with Gasteiger partial charge in [0.25, 0.3) is 0 Å². The average Bonchev–Trinajstić information content (AvgIpc) is 2.68. The van der Waals surface area contributed by atoms with Crippen molar-refractivity contribution in [2.45, 2.75) is 45.1 Å². The maximum absolute atomic E-state index is 11.1. The largest absolute Gasteiger partial charge is 0.374 e. The maximum atomic E-state index is 11.1. The Bertz CT molecular complexity index is 339. The van der Waals surface area contributed by atoms with Crippen molar-refractivity contribution in [3.8, 4) is 0 Å². The minimum atomic E-state index is 0.164. The quantitative estimate of drug-likeness (QED) is 0.792. The van der Waals surface area contributed by atoms with Crippen molar-refractivity contribution in [1.29, 1.82) is 0 Å². The van der Waals surface area contributed by atoms with Crippen molar-refractivity contribution >= 4 is 22.1 Å². The Kier molecular flexibility index (Phi) is 3.41. The lowest BCUT2D eigenvalue weighted by molar-refractivity contribution is 0.102. The van der Waals surface area contributed by atoms with Crippen LogP contribution < -0.4 is 5.32 Å². The molecule has 2 rings (SSSR count). The minimum absolute atomic E-state index is 0.164. The van der Waals surface area contributed by atoms with Crippen LogP contribution in [0.3, 0.4) is 0 Å². The fourth-order valence-electron chi connectivity index (χ4n) is 2.05. The molecule has 0 amide bonds. The number of carbonyl (C=O) groups is 1. The molecule has 1 fully saturated rings. The summed E-state index contributed by atoms with van der Waals surface area (Å²) in [5.41, 5.74) is 0. The van der Waals surface area contributed by atoms with Crippen LogP contribution in [0.15, 0.2) is 12.1 Å². The van der Waals surface area contributed by atoms with Crippen molar-refractivity contribution < 1.29 is 4.79 Å². The lowest BCUT2D eigenvalue weighted by Gasteiger charge is -2.22.